The van der Waals surface area contributed by atoms with E-state index < -0.39 is 0 Å². The van der Waals surface area contributed by atoms with E-state index in [1.165, 1.54) is 31.2 Å². The molecule has 2 aromatic carbocycles. The van der Waals surface area contributed by atoms with E-state index in [2.05, 4.69) is 114 Å². The molecule has 8 atom stereocenters. The van der Waals surface area contributed by atoms with Crippen molar-refractivity contribution in [1.29, 1.82) is 0 Å². The van der Waals surface area contributed by atoms with Crippen LogP contribution in [0, 0.1) is 58.2 Å². The van der Waals surface area contributed by atoms with Crippen molar-refractivity contribution in [1.82, 2.24) is 0 Å². The molecule has 2 aromatic rings. The molecule has 0 saturated heterocycles. The van der Waals surface area contributed by atoms with Crippen LogP contribution in [0.3, 0.4) is 0 Å². The molecule has 4 nitrogen and oxygen atoms in total. The number of rotatable bonds is 4. The van der Waals surface area contributed by atoms with Crippen LogP contribution in [-0.2, 0) is 9.59 Å². The second-order valence-corrected chi connectivity index (χ2v) is 18.8. The number of hydrogen-bond donors (Lipinski definition) is 0. The molecule has 49 heavy (non-hydrogen) atoms. The van der Waals surface area contributed by atoms with Crippen molar-refractivity contribution in [2.75, 3.05) is 14.2 Å². The number of ether oxygens (including phenoxy) is 2. The highest BCUT2D eigenvalue weighted by molar-refractivity contribution is 9.10. The maximum atomic E-state index is 13.5. The number of allylic oxidation sites excluding steroid dienone is 4. The first kappa shape index (κ1) is 34.8. The Morgan fingerprint density at radius 2 is 1.14 bits per heavy atom. The maximum Gasteiger partial charge on any atom is 0.148 e. The van der Waals surface area contributed by atoms with Gasteiger partial charge in [-0.3, -0.25) is 9.59 Å². The van der Waals surface area contributed by atoms with E-state index in [4.69, 9.17) is 9.47 Å². The van der Waals surface area contributed by atoms with E-state index in [1.807, 2.05) is 12.1 Å². The lowest BCUT2D eigenvalue weighted by Crippen LogP contribution is -2.56. The molecule has 262 valence electrons. The summed E-state index contributed by atoms with van der Waals surface area (Å²) in [6.07, 6.45) is 16.2. The van der Waals surface area contributed by atoms with Gasteiger partial charge >= 0.3 is 0 Å². The number of methoxy groups -OCH3 is 2. The standard InChI is InChI=1S/C22H27BrO2.C22H28O2/c1-13-11-14(16(23)12-17(13)25-5)18-19(24)15-7-10-22(15)20(2,3)8-6-9-21(18,22)4;1-14-13-15(7-8-17(14)24-5)18-19(23)16-9-12-22(16)20(2,3)10-6-11-21(18,22)4/h7,10-12,15,18H,6,8-9H2,1-5H3;7-9,12-13,16,18H,6,10-11H2,1-5H3/t15-,18-,21-,22-;16-,18-,21-,22-/m11/s1. The maximum absolute atomic E-state index is 13.5. The quantitative estimate of drug-likeness (QED) is 0.294. The molecular weight excluding hydrogens is 672 g/mol. The lowest BCUT2D eigenvalue weighted by atomic mass is 9.41. The van der Waals surface area contributed by atoms with Gasteiger partial charge in [0, 0.05) is 33.1 Å². The fraction of sp³-hybridized carbons (Fsp3) is 0.591. The van der Waals surface area contributed by atoms with Gasteiger partial charge in [0.1, 0.15) is 23.1 Å². The molecular formula is C44H55BrO4. The second kappa shape index (κ2) is 11.2. The Balaban J connectivity index is 0.000000154. The minimum Gasteiger partial charge on any atom is -0.496 e. The first-order valence-corrected chi connectivity index (χ1v) is 19.2. The number of Topliss-reactive ketones (excluding diaryl/α,β-unsaturated/α-hetero) is 2. The van der Waals surface area contributed by atoms with Crippen LogP contribution in [-0.4, -0.2) is 25.8 Å². The number of carbonyl (C=O) groups excluding carboxylic acids is 2. The molecule has 4 fully saturated rings. The molecule has 2 spiro atoms. The normalized spacial score (nSPS) is 38.6. The number of hydrogen-bond acceptors (Lipinski definition) is 4. The zero-order valence-electron chi connectivity index (χ0n) is 31.3. The minimum atomic E-state index is -0.0499. The Morgan fingerprint density at radius 1 is 0.653 bits per heavy atom. The molecule has 8 rings (SSSR count). The van der Waals surface area contributed by atoms with Crippen molar-refractivity contribution < 1.29 is 19.1 Å². The largest absolute Gasteiger partial charge is 0.496 e. The third-order valence-corrected chi connectivity index (χ3v) is 15.9. The summed E-state index contributed by atoms with van der Waals surface area (Å²) in [6, 6.07) is 10.5. The number of halogens is 1. The number of ketones is 2. The van der Waals surface area contributed by atoms with Crippen LogP contribution >= 0.6 is 15.9 Å². The van der Waals surface area contributed by atoms with E-state index in [0.717, 1.165) is 45.5 Å². The smallest absolute Gasteiger partial charge is 0.148 e. The minimum absolute atomic E-state index is 0.00156. The van der Waals surface area contributed by atoms with Gasteiger partial charge in [0.2, 0.25) is 0 Å². The molecule has 6 aliphatic carbocycles. The van der Waals surface area contributed by atoms with Crippen molar-refractivity contribution in [3.63, 3.8) is 0 Å². The van der Waals surface area contributed by atoms with Gasteiger partial charge in [0.15, 0.2) is 0 Å². The lowest BCUT2D eigenvalue weighted by Gasteiger charge is -2.62. The van der Waals surface area contributed by atoms with E-state index >= 15 is 0 Å². The molecule has 0 radical (unpaired) electrons. The van der Waals surface area contributed by atoms with Crippen LogP contribution in [0.25, 0.3) is 0 Å². The Bertz CT molecular complexity index is 1800. The zero-order valence-corrected chi connectivity index (χ0v) is 32.8. The molecule has 0 heterocycles. The van der Waals surface area contributed by atoms with Crippen molar-refractivity contribution >= 4 is 27.5 Å². The van der Waals surface area contributed by atoms with Crippen LogP contribution in [0.2, 0.25) is 0 Å². The molecule has 0 unspecified atom stereocenters. The van der Waals surface area contributed by atoms with E-state index in [9.17, 15) is 9.59 Å². The molecule has 5 heteroatoms. The molecule has 0 amide bonds. The highest BCUT2D eigenvalue weighted by atomic mass is 79.9. The zero-order chi connectivity index (χ0) is 35.5. The number of aryl methyl sites for hydroxylation is 2. The van der Waals surface area contributed by atoms with Crippen LogP contribution in [0.1, 0.15) is 114 Å². The van der Waals surface area contributed by atoms with Gasteiger partial charge in [-0.15, -0.1) is 0 Å². The van der Waals surface area contributed by atoms with Gasteiger partial charge in [-0.25, -0.2) is 0 Å². The van der Waals surface area contributed by atoms with Gasteiger partial charge in [-0.1, -0.05) is 113 Å². The van der Waals surface area contributed by atoms with Gasteiger partial charge < -0.3 is 9.47 Å². The van der Waals surface area contributed by atoms with Crippen LogP contribution in [0.5, 0.6) is 11.5 Å². The first-order valence-electron chi connectivity index (χ1n) is 18.4. The summed E-state index contributed by atoms with van der Waals surface area (Å²) < 4.78 is 11.9. The fourth-order valence-electron chi connectivity index (χ4n) is 13.0. The third kappa shape index (κ3) is 4.20. The topological polar surface area (TPSA) is 52.6 Å². The molecule has 4 saturated carbocycles. The first-order chi connectivity index (χ1) is 23.0. The molecule has 0 bridgehead atoms. The van der Waals surface area contributed by atoms with Gasteiger partial charge in [0.05, 0.1) is 20.1 Å². The van der Waals surface area contributed by atoms with Gasteiger partial charge in [0.25, 0.3) is 0 Å². The molecule has 6 aliphatic rings. The average molecular weight is 728 g/mol. The van der Waals surface area contributed by atoms with Crippen LogP contribution < -0.4 is 9.47 Å². The Labute approximate surface area is 302 Å². The monoisotopic (exact) mass is 726 g/mol. The Morgan fingerprint density at radius 3 is 1.61 bits per heavy atom. The summed E-state index contributed by atoms with van der Waals surface area (Å²) in [5.74, 6) is 2.73. The summed E-state index contributed by atoms with van der Waals surface area (Å²) in [5, 5.41) is 0. The highest BCUT2D eigenvalue weighted by Crippen LogP contribution is 2.78. The summed E-state index contributed by atoms with van der Waals surface area (Å²) in [6.45, 7) is 18.3. The summed E-state index contributed by atoms with van der Waals surface area (Å²) in [5.41, 5.74) is 4.91. The van der Waals surface area contributed by atoms with E-state index in [0.29, 0.717) is 11.6 Å². The van der Waals surface area contributed by atoms with Crippen LogP contribution in [0.15, 0.2) is 59.1 Å². The molecule has 0 aromatic heterocycles. The second-order valence-electron chi connectivity index (χ2n) is 18.0. The number of carbonyl (C=O) groups is 2. The van der Waals surface area contributed by atoms with Gasteiger partial charge in [-0.2, -0.15) is 0 Å². The summed E-state index contributed by atoms with van der Waals surface area (Å²) >= 11 is 3.73. The van der Waals surface area contributed by atoms with Crippen molar-refractivity contribution in [2.24, 2.45) is 44.3 Å². The predicted octanol–water partition coefficient (Wildman–Crippen LogP) is 10.9. The Kier molecular flexibility index (Phi) is 7.93. The van der Waals surface area contributed by atoms with Gasteiger partial charge in [-0.05, 0) is 95.6 Å². The van der Waals surface area contributed by atoms with Crippen LogP contribution in [0.4, 0.5) is 0 Å². The average Bonchev–Trinajstić information content (AvgIpc) is 3.20. The van der Waals surface area contributed by atoms with Crippen molar-refractivity contribution in [3.8, 4) is 11.5 Å². The van der Waals surface area contributed by atoms with E-state index in [-0.39, 0.29) is 56.2 Å². The number of benzene rings is 2. The molecule has 0 aliphatic heterocycles. The summed E-state index contributed by atoms with van der Waals surface area (Å²) in [7, 11) is 3.39. The third-order valence-electron chi connectivity index (χ3n) is 15.2. The lowest BCUT2D eigenvalue weighted by molar-refractivity contribution is -0.124. The molecule has 0 N–H and O–H groups in total. The van der Waals surface area contributed by atoms with Crippen molar-refractivity contribution in [3.05, 3.63) is 81.4 Å². The summed E-state index contributed by atoms with van der Waals surface area (Å²) in [4.78, 5) is 26.9. The predicted molar refractivity (Wildman–Crippen MR) is 200 cm³/mol. The highest BCUT2D eigenvalue weighted by Gasteiger charge is 2.75. The van der Waals surface area contributed by atoms with E-state index in [1.54, 1.807) is 14.2 Å². The fourth-order valence-corrected chi connectivity index (χ4v) is 13.5. The SMILES string of the molecule is COc1cc(Br)c([C@@H]2C(=O)[C@H]3C=C[C@]34C(C)(C)CCC[C@]24C)cc1C.COc1ccc([C@@H]2C(=O)[C@H]3C=C[C@]34C(C)(C)CCC[C@]24C)cc1C. The Hall–Kier alpha value is -2.66. The van der Waals surface area contributed by atoms with Crippen molar-refractivity contribution in [2.45, 2.75) is 106 Å².